The van der Waals surface area contributed by atoms with E-state index < -0.39 is 0 Å². The molecule has 0 radical (unpaired) electrons. The van der Waals surface area contributed by atoms with Gasteiger partial charge in [-0.25, -0.2) is 0 Å². The highest BCUT2D eigenvalue weighted by molar-refractivity contribution is 7.10. The first-order valence-corrected chi connectivity index (χ1v) is 7.10. The molecule has 0 spiro atoms. The fourth-order valence-electron chi connectivity index (χ4n) is 1.90. The molecule has 0 aliphatic heterocycles. The van der Waals surface area contributed by atoms with Crippen LogP contribution in [-0.4, -0.2) is 14.2 Å². The van der Waals surface area contributed by atoms with Crippen molar-refractivity contribution in [2.45, 2.75) is 19.5 Å². The van der Waals surface area contributed by atoms with Gasteiger partial charge in [-0.2, -0.15) is 0 Å². The van der Waals surface area contributed by atoms with Gasteiger partial charge in [-0.05, 0) is 36.1 Å². The molecule has 0 amide bonds. The molecule has 2 rings (SSSR count). The summed E-state index contributed by atoms with van der Waals surface area (Å²) < 4.78 is 10.5. The average molecular weight is 277 g/mol. The molecule has 1 N–H and O–H groups in total. The maximum absolute atomic E-state index is 5.31. The van der Waals surface area contributed by atoms with Crippen LogP contribution >= 0.6 is 11.3 Å². The second kappa shape index (κ2) is 6.59. The molecule has 1 aromatic heterocycles. The highest BCUT2D eigenvalue weighted by atomic mass is 32.1. The Labute approximate surface area is 118 Å². The van der Waals surface area contributed by atoms with Gasteiger partial charge in [-0.3, -0.25) is 0 Å². The standard InChI is InChI=1S/C15H19NO2S/c1-11(15-5-4-8-19-15)16-10-12-6-7-13(17-2)14(9-12)18-3/h4-9,11,16H,10H2,1-3H3/t11-/m0/s1. The van der Waals surface area contributed by atoms with E-state index in [0.29, 0.717) is 6.04 Å². The number of methoxy groups -OCH3 is 2. The monoisotopic (exact) mass is 277 g/mol. The van der Waals surface area contributed by atoms with Crippen LogP contribution in [-0.2, 0) is 6.54 Å². The molecule has 0 saturated carbocycles. The van der Waals surface area contributed by atoms with Crippen LogP contribution in [0, 0.1) is 0 Å². The van der Waals surface area contributed by atoms with Crippen LogP contribution in [0.2, 0.25) is 0 Å². The van der Waals surface area contributed by atoms with E-state index in [0.717, 1.165) is 18.0 Å². The van der Waals surface area contributed by atoms with E-state index in [2.05, 4.69) is 35.8 Å². The minimum absolute atomic E-state index is 0.355. The number of ether oxygens (including phenoxy) is 2. The van der Waals surface area contributed by atoms with Crippen molar-refractivity contribution in [3.8, 4) is 11.5 Å². The van der Waals surface area contributed by atoms with Crippen molar-refractivity contribution in [3.05, 3.63) is 46.2 Å². The molecule has 0 bridgehead atoms. The van der Waals surface area contributed by atoms with Gasteiger partial charge in [0.1, 0.15) is 0 Å². The van der Waals surface area contributed by atoms with Crippen LogP contribution < -0.4 is 14.8 Å². The van der Waals surface area contributed by atoms with Crippen molar-refractivity contribution < 1.29 is 9.47 Å². The molecule has 0 aliphatic carbocycles. The van der Waals surface area contributed by atoms with Crippen molar-refractivity contribution in [2.24, 2.45) is 0 Å². The Morgan fingerprint density at radius 3 is 2.58 bits per heavy atom. The third kappa shape index (κ3) is 3.49. The Kier molecular flexibility index (Phi) is 4.82. The first-order valence-electron chi connectivity index (χ1n) is 6.22. The second-order valence-electron chi connectivity index (χ2n) is 4.31. The molecule has 1 atom stereocenters. The highest BCUT2D eigenvalue weighted by Crippen LogP contribution is 2.28. The lowest BCUT2D eigenvalue weighted by atomic mass is 10.2. The SMILES string of the molecule is COc1ccc(CN[C@@H](C)c2cccs2)cc1OC. The number of hydrogen-bond donors (Lipinski definition) is 1. The number of rotatable bonds is 6. The van der Waals surface area contributed by atoms with Gasteiger partial charge >= 0.3 is 0 Å². The van der Waals surface area contributed by atoms with Crippen LogP contribution in [0.5, 0.6) is 11.5 Å². The summed E-state index contributed by atoms with van der Waals surface area (Å²) in [4.78, 5) is 1.35. The first kappa shape index (κ1) is 13.9. The predicted molar refractivity (Wildman–Crippen MR) is 79.1 cm³/mol. The number of thiophene rings is 1. The second-order valence-corrected chi connectivity index (χ2v) is 5.29. The van der Waals surface area contributed by atoms with Crippen LogP contribution in [0.3, 0.4) is 0 Å². The molecule has 0 unspecified atom stereocenters. The maximum Gasteiger partial charge on any atom is 0.161 e. The van der Waals surface area contributed by atoms with Gasteiger partial charge in [-0.15, -0.1) is 11.3 Å². The third-order valence-corrected chi connectivity index (χ3v) is 4.09. The zero-order valence-corrected chi connectivity index (χ0v) is 12.3. The van der Waals surface area contributed by atoms with Gasteiger partial charge in [0, 0.05) is 17.5 Å². The number of hydrogen-bond acceptors (Lipinski definition) is 4. The Bertz CT molecular complexity index is 511. The summed E-state index contributed by atoms with van der Waals surface area (Å²) in [6.07, 6.45) is 0. The zero-order valence-electron chi connectivity index (χ0n) is 11.5. The summed E-state index contributed by atoms with van der Waals surface area (Å²) in [6, 6.07) is 10.6. The van der Waals surface area contributed by atoms with E-state index in [1.807, 2.05) is 12.1 Å². The van der Waals surface area contributed by atoms with Gasteiger partial charge in [0.15, 0.2) is 11.5 Å². The molecule has 0 saturated heterocycles. The molecule has 1 heterocycles. The Morgan fingerprint density at radius 2 is 1.95 bits per heavy atom. The molecule has 102 valence electrons. The molecular formula is C15H19NO2S. The minimum Gasteiger partial charge on any atom is -0.493 e. The average Bonchev–Trinajstić information content (AvgIpc) is 2.98. The molecule has 4 heteroatoms. The lowest BCUT2D eigenvalue weighted by molar-refractivity contribution is 0.354. The van der Waals surface area contributed by atoms with E-state index in [4.69, 9.17) is 9.47 Å². The van der Waals surface area contributed by atoms with Gasteiger partial charge in [0.2, 0.25) is 0 Å². The van der Waals surface area contributed by atoms with Crippen LogP contribution in [0.1, 0.15) is 23.4 Å². The third-order valence-electron chi connectivity index (χ3n) is 3.03. The summed E-state index contributed by atoms with van der Waals surface area (Å²) in [5, 5.41) is 5.61. The van der Waals surface area contributed by atoms with Crippen LogP contribution in [0.15, 0.2) is 35.7 Å². The van der Waals surface area contributed by atoms with Crippen LogP contribution in [0.4, 0.5) is 0 Å². The van der Waals surface area contributed by atoms with E-state index in [9.17, 15) is 0 Å². The fraction of sp³-hybridized carbons (Fsp3) is 0.333. The summed E-state index contributed by atoms with van der Waals surface area (Å²) in [6.45, 7) is 2.98. The van der Waals surface area contributed by atoms with Crippen LogP contribution in [0.25, 0.3) is 0 Å². The van der Waals surface area contributed by atoms with Gasteiger partial charge in [0.25, 0.3) is 0 Å². The zero-order chi connectivity index (χ0) is 13.7. The van der Waals surface area contributed by atoms with E-state index in [1.54, 1.807) is 25.6 Å². The van der Waals surface area contributed by atoms with Crippen molar-refractivity contribution in [3.63, 3.8) is 0 Å². The largest absolute Gasteiger partial charge is 0.493 e. The molecule has 3 nitrogen and oxygen atoms in total. The van der Waals surface area contributed by atoms with Gasteiger partial charge in [-0.1, -0.05) is 12.1 Å². The Morgan fingerprint density at radius 1 is 1.16 bits per heavy atom. The van der Waals surface area contributed by atoms with Crippen molar-refractivity contribution >= 4 is 11.3 Å². The van der Waals surface area contributed by atoms with E-state index in [1.165, 1.54) is 10.4 Å². The molecule has 2 aromatic rings. The van der Waals surface area contributed by atoms with Crippen molar-refractivity contribution in [1.29, 1.82) is 0 Å². The fourth-order valence-corrected chi connectivity index (χ4v) is 2.66. The molecule has 0 aliphatic rings. The normalized spacial score (nSPS) is 12.2. The van der Waals surface area contributed by atoms with Gasteiger partial charge < -0.3 is 14.8 Å². The summed E-state index contributed by atoms with van der Waals surface area (Å²) >= 11 is 1.77. The molecule has 1 aromatic carbocycles. The van der Waals surface area contributed by atoms with Crippen molar-refractivity contribution in [1.82, 2.24) is 5.32 Å². The summed E-state index contributed by atoms with van der Waals surface area (Å²) in [5.74, 6) is 1.53. The predicted octanol–water partition coefficient (Wildman–Crippen LogP) is 3.62. The minimum atomic E-state index is 0.355. The lowest BCUT2D eigenvalue weighted by Crippen LogP contribution is -2.17. The quantitative estimate of drug-likeness (QED) is 0.875. The summed E-state index contributed by atoms with van der Waals surface area (Å²) in [5.41, 5.74) is 1.18. The highest BCUT2D eigenvalue weighted by Gasteiger charge is 2.08. The molecule has 0 fully saturated rings. The first-order chi connectivity index (χ1) is 9.24. The van der Waals surface area contributed by atoms with Gasteiger partial charge in [0.05, 0.1) is 14.2 Å². The topological polar surface area (TPSA) is 30.5 Å². The Hall–Kier alpha value is -1.52. The number of benzene rings is 1. The lowest BCUT2D eigenvalue weighted by Gasteiger charge is -2.14. The Balaban J connectivity index is 1.99. The molecule has 19 heavy (non-hydrogen) atoms. The van der Waals surface area contributed by atoms with E-state index >= 15 is 0 Å². The molecular weight excluding hydrogens is 258 g/mol. The van der Waals surface area contributed by atoms with Crippen molar-refractivity contribution in [2.75, 3.05) is 14.2 Å². The van der Waals surface area contributed by atoms with E-state index in [-0.39, 0.29) is 0 Å². The smallest absolute Gasteiger partial charge is 0.161 e. The summed E-state index contributed by atoms with van der Waals surface area (Å²) in [7, 11) is 3.30. The maximum atomic E-state index is 5.31. The number of nitrogens with one attached hydrogen (secondary N) is 1.